The average Bonchev–Trinajstić information content (AvgIpc) is 3.92. The van der Waals surface area contributed by atoms with Gasteiger partial charge in [0.1, 0.15) is 11.6 Å². The number of fused-ring (bicyclic) bond motifs is 2. The molecule has 0 spiro atoms. The van der Waals surface area contributed by atoms with Crippen LogP contribution >= 0.6 is 0 Å². The Morgan fingerprint density at radius 3 is 1.22 bits per heavy atom. The van der Waals surface area contributed by atoms with Gasteiger partial charge in [-0.2, -0.15) is 36.5 Å². The monoisotopic (exact) mass is 888 g/mol. The first-order valence-corrected chi connectivity index (χ1v) is 18.9. The van der Waals surface area contributed by atoms with Gasteiger partial charge < -0.3 is 39.1 Å². The SMILES string of the molecule is COc1cc(Nc2ccn3ncc(-c4cc(C(F)(F)F)cc(C(F)(F)F)c4)c3n2)cc(OC)c1OC.COc1cc(Nc2ccn3ncc(-c4ccccc4)c3n2)cc(OC)c1OC. The van der Waals surface area contributed by atoms with Crippen LogP contribution in [0.5, 0.6) is 34.5 Å². The molecular formula is C44H38F6N8O6. The van der Waals surface area contributed by atoms with E-state index in [1.165, 1.54) is 38.1 Å². The first-order chi connectivity index (χ1) is 30.7. The number of alkyl halides is 6. The lowest BCUT2D eigenvalue weighted by molar-refractivity contribution is -0.143. The summed E-state index contributed by atoms with van der Waals surface area (Å²) < 4.78 is 115. The number of methoxy groups -OCH3 is 6. The van der Waals surface area contributed by atoms with E-state index in [0.29, 0.717) is 58.1 Å². The molecule has 0 bridgehead atoms. The summed E-state index contributed by atoms with van der Waals surface area (Å²) in [5.74, 6) is 3.67. The molecule has 2 N–H and O–H groups in total. The fraction of sp³-hybridized carbons (Fsp3) is 0.182. The van der Waals surface area contributed by atoms with E-state index < -0.39 is 23.5 Å². The smallest absolute Gasteiger partial charge is 0.416 e. The molecule has 0 saturated heterocycles. The zero-order valence-corrected chi connectivity index (χ0v) is 34.8. The summed E-state index contributed by atoms with van der Waals surface area (Å²) in [6.45, 7) is 0. The molecule has 64 heavy (non-hydrogen) atoms. The average molecular weight is 889 g/mol. The predicted octanol–water partition coefficient (Wildman–Crippen LogP) is 10.4. The largest absolute Gasteiger partial charge is 0.493 e. The number of nitrogens with one attached hydrogen (secondary N) is 2. The van der Waals surface area contributed by atoms with Gasteiger partial charge in [-0.15, -0.1) is 0 Å². The summed E-state index contributed by atoms with van der Waals surface area (Å²) in [6.07, 6.45) is -3.65. The van der Waals surface area contributed by atoms with Gasteiger partial charge in [-0.3, -0.25) is 0 Å². The molecule has 0 amide bonds. The number of rotatable bonds is 12. The molecule has 14 nitrogen and oxygen atoms in total. The highest BCUT2D eigenvalue weighted by atomic mass is 19.4. The van der Waals surface area contributed by atoms with E-state index in [1.807, 2.05) is 60.9 Å². The summed E-state index contributed by atoms with van der Waals surface area (Å²) in [4.78, 5) is 9.09. The molecule has 8 rings (SSSR count). The molecule has 332 valence electrons. The zero-order valence-electron chi connectivity index (χ0n) is 34.8. The number of benzene rings is 4. The van der Waals surface area contributed by atoms with E-state index in [-0.39, 0.29) is 28.7 Å². The third-order valence-electron chi connectivity index (χ3n) is 9.60. The van der Waals surface area contributed by atoms with Gasteiger partial charge in [0.2, 0.25) is 11.5 Å². The third-order valence-corrected chi connectivity index (χ3v) is 9.60. The van der Waals surface area contributed by atoms with Crippen molar-refractivity contribution in [1.29, 1.82) is 0 Å². The van der Waals surface area contributed by atoms with Crippen LogP contribution in [0.3, 0.4) is 0 Å². The van der Waals surface area contributed by atoms with Gasteiger partial charge in [-0.25, -0.2) is 19.0 Å². The number of hydrogen-bond donors (Lipinski definition) is 2. The molecule has 20 heteroatoms. The van der Waals surface area contributed by atoms with Crippen molar-refractivity contribution in [3.8, 4) is 56.8 Å². The van der Waals surface area contributed by atoms with Gasteiger partial charge in [0.05, 0.1) is 66.2 Å². The van der Waals surface area contributed by atoms with E-state index in [2.05, 4.69) is 25.8 Å². The number of anilines is 4. The van der Waals surface area contributed by atoms with Crippen molar-refractivity contribution < 1.29 is 54.8 Å². The second-order valence-corrected chi connectivity index (χ2v) is 13.5. The summed E-state index contributed by atoms with van der Waals surface area (Å²) in [5.41, 5.74) is 0.877. The molecule has 0 radical (unpaired) electrons. The molecule has 0 fully saturated rings. The standard InChI is InChI=1S/C23H18F6N4O3.C21H20N4O3/c1-34-17-9-15(10-18(35-2)20(17)36-3)31-19-4-5-33-21(32-19)16(11-30-33)12-6-13(22(24,25)26)8-14(7-12)23(27,28)29;1-26-17-11-15(12-18(27-2)20(17)28-3)23-19-9-10-25-21(24-19)16(13-22-25)14-7-5-4-6-8-14/h4-11H,1-3H3,(H,31,32);4-13H,1-3H3,(H,23,24). The Bertz CT molecular complexity index is 2840. The Hall–Kier alpha value is -7.90. The second-order valence-electron chi connectivity index (χ2n) is 13.5. The maximum atomic E-state index is 13.3. The number of nitrogens with zero attached hydrogens (tertiary/aromatic N) is 6. The topological polar surface area (TPSA) is 140 Å². The van der Waals surface area contributed by atoms with Crippen molar-refractivity contribution in [3.63, 3.8) is 0 Å². The van der Waals surface area contributed by atoms with Crippen LogP contribution in [0.25, 0.3) is 33.5 Å². The van der Waals surface area contributed by atoms with Crippen LogP contribution in [0.2, 0.25) is 0 Å². The van der Waals surface area contributed by atoms with Gasteiger partial charge in [-0.1, -0.05) is 30.3 Å². The van der Waals surface area contributed by atoms with Gasteiger partial charge in [0.25, 0.3) is 0 Å². The Morgan fingerprint density at radius 1 is 0.469 bits per heavy atom. The van der Waals surface area contributed by atoms with Crippen LogP contribution in [-0.2, 0) is 12.4 Å². The van der Waals surface area contributed by atoms with Crippen LogP contribution in [0, 0.1) is 0 Å². The minimum Gasteiger partial charge on any atom is -0.493 e. The number of halogens is 6. The lowest BCUT2D eigenvalue weighted by atomic mass is 10.0. The minimum absolute atomic E-state index is 0.0138. The van der Waals surface area contributed by atoms with Gasteiger partial charge >= 0.3 is 12.4 Å². The molecular weight excluding hydrogens is 851 g/mol. The second kappa shape index (κ2) is 18.2. The van der Waals surface area contributed by atoms with E-state index >= 15 is 0 Å². The van der Waals surface area contributed by atoms with Crippen LogP contribution in [-0.4, -0.2) is 71.9 Å². The van der Waals surface area contributed by atoms with E-state index in [0.717, 1.165) is 28.7 Å². The quantitative estimate of drug-likeness (QED) is 0.113. The van der Waals surface area contributed by atoms with Crippen molar-refractivity contribution in [2.24, 2.45) is 0 Å². The third kappa shape index (κ3) is 9.30. The molecule has 0 aliphatic heterocycles. The van der Waals surface area contributed by atoms with Crippen molar-refractivity contribution >= 4 is 34.3 Å². The first-order valence-electron chi connectivity index (χ1n) is 18.9. The Balaban J connectivity index is 0.000000197. The van der Waals surface area contributed by atoms with Crippen LogP contribution in [0.1, 0.15) is 11.1 Å². The summed E-state index contributed by atoms with van der Waals surface area (Å²) in [5, 5.41) is 14.7. The highest BCUT2D eigenvalue weighted by Crippen LogP contribution is 2.43. The highest BCUT2D eigenvalue weighted by molar-refractivity contribution is 5.80. The summed E-state index contributed by atoms with van der Waals surface area (Å²) >= 11 is 0. The summed E-state index contributed by atoms with van der Waals surface area (Å²) in [7, 11) is 9.08. The lowest BCUT2D eigenvalue weighted by Gasteiger charge is -2.15. The fourth-order valence-electron chi connectivity index (χ4n) is 6.61. The highest BCUT2D eigenvalue weighted by Gasteiger charge is 2.37. The fourth-order valence-corrected chi connectivity index (χ4v) is 6.61. The maximum Gasteiger partial charge on any atom is 0.416 e. The van der Waals surface area contributed by atoms with Crippen LogP contribution < -0.4 is 39.1 Å². The van der Waals surface area contributed by atoms with Gasteiger partial charge in [0.15, 0.2) is 34.3 Å². The number of hydrogen-bond acceptors (Lipinski definition) is 12. The molecule has 4 heterocycles. The minimum atomic E-state index is -4.98. The summed E-state index contributed by atoms with van der Waals surface area (Å²) in [6, 6.07) is 21.7. The first kappa shape index (κ1) is 44.2. The zero-order chi connectivity index (χ0) is 45.8. The number of ether oxygens (including phenoxy) is 6. The molecule has 4 aromatic carbocycles. The predicted molar refractivity (Wildman–Crippen MR) is 226 cm³/mol. The van der Waals surface area contributed by atoms with Gasteiger partial charge in [-0.05, 0) is 41.5 Å². The van der Waals surface area contributed by atoms with Crippen LogP contribution in [0.15, 0.2) is 110 Å². The van der Waals surface area contributed by atoms with E-state index in [4.69, 9.17) is 33.4 Å². The Morgan fingerprint density at radius 2 is 0.859 bits per heavy atom. The maximum absolute atomic E-state index is 13.3. The normalized spacial score (nSPS) is 11.4. The molecule has 4 aromatic heterocycles. The Kier molecular flexibility index (Phi) is 12.6. The molecule has 0 aliphatic rings. The van der Waals surface area contributed by atoms with Crippen molar-refractivity contribution in [2.45, 2.75) is 12.4 Å². The van der Waals surface area contributed by atoms with Crippen molar-refractivity contribution in [2.75, 3.05) is 53.3 Å². The molecule has 0 unspecified atom stereocenters. The molecule has 8 aromatic rings. The van der Waals surface area contributed by atoms with Crippen LogP contribution in [0.4, 0.5) is 49.4 Å². The van der Waals surface area contributed by atoms with Crippen molar-refractivity contribution in [1.82, 2.24) is 29.2 Å². The molecule has 0 aliphatic carbocycles. The number of aromatic nitrogens is 6. The van der Waals surface area contributed by atoms with Crippen molar-refractivity contribution in [3.05, 3.63) is 121 Å². The Labute approximate surface area is 360 Å². The lowest BCUT2D eigenvalue weighted by Crippen LogP contribution is -2.11. The molecule has 0 atom stereocenters. The van der Waals surface area contributed by atoms with Gasteiger partial charge in [0, 0.05) is 59.2 Å². The molecule has 0 saturated carbocycles. The van der Waals surface area contributed by atoms with E-state index in [9.17, 15) is 26.3 Å². The van der Waals surface area contributed by atoms with E-state index in [1.54, 1.807) is 38.0 Å².